The predicted molar refractivity (Wildman–Crippen MR) is 118 cm³/mol. The number of benzene rings is 2. The molecule has 2 aromatic heterocycles. The number of anilines is 1. The topological polar surface area (TPSA) is 85.4 Å². The fraction of sp³-hybridized carbons (Fsp3) is 0.0909. The van der Waals surface area contributed by atoms with Crippen LogP contribution in [0.1, 0.15) is 15.9 Å². The van der Waals surface area contributed by atoms with Crippen molar-refractivity contribution in [1.82, 2.24) is 4.98 Å². The molecule has 0 aliphatic rings. The van der Waals surface area contributed by atoms with E-state index < -0.39 is 9.84 Å². The van der Waals surface area contributed by atoms with Crippen LogP contribution in [0.3, 0.4) is 0 Å². The number of nitrogens with one attached hydrogen (secondary N) is 1. The molecule has 1 N–H and O–H groups in total. The molecule has 30 heavy (non-hydrogen) atoms. The lowest BCUT2D eigenvalue weighted by Crippen LogP contribution is -2.13. The van der Waals surface area contributed by atoms with E-state index in [0.717, 1.165) is 21.9 Å². The number of nitrogens with zero attached hydrogens (tertiary/aromatic N) is 1. The molecule has 152 valence electrons. The first-order valence-electron chi connectivity index (χ1n) is 9.03. The van der Waals surface area contributed by atoms with Gasteiger partial charge in [-0.3, -0.25) is 4.79 Å². The molecule has 0 unspecified atom stereocenters. The molecule has 0 saturated carbocycles. The Morgan fingerprint density at radius 1 is 1.07 bits per heavy atom. The molecular weight excluding hydrogens is 420 g/mol. The van der Waals surface area contributed by atoms with E-state index in [9.17, 15) is 13.2 Å². The van der Waals surface area contributed by atoms with E-state index in [1.807, 2.05) is 24.4 Å². The third-order valence-electron chi connectivity index (χ3n) is 4.41. The highest BCUT2D eigenvalue weighted by Gasteiger charge is 2.14. The third kappa shape index (κ3) is 4.34. The van der Waals surface area contributed by atoms with Gasteiger partial charge in [0.05, 0.1) is 9.60 Å². The number of thiophene rings is 1. The van der Waals surface area contributed by atoms with Crippen molar-refractivity contribution < 1.29 is 17.9 Å². The third-order valence-corrected chi connectivity index (χ3v) is 6.49. The molecule has 0 aliphatic carbocycles. The summed E-state index contributed by atoms with van der Waals surface area (Å²) >= 11 is 1.50. The molecule has 0 aliphatic heterocycles. The van der Waals surface area contributed by atoms with Gasteiger partial charge in [0.2, 0.25) is 0 Å². The average molecular weight is 439 g/mol. The minimum absolute atomic E-state index is 0.217. The lowest BCUT2D eigenvalue weighted by molar-refractivity contribution is 0.102. The second-order valence-corrected chi connectivity index (χ2v) is 9.77. The van der Waals surface area contributed by atoms with Crippen LogP contribution in [0, 0.1) is 6.92 Å². The minimum atomic E-state index is -3.28. The van der Waals surface area contributed by atoms with Crippen LogP contribution < -0.4 is 10.1 Å². The Morgan fingerprint density at radius 2 is 1.83 bits per heavy atom. The van der Waals surface area contributed by atoms with E-state index in [1.54, 1.807) is 36.5 Å². The van der Waals surface area contributed by atoms with Gasteiger partial charge in [0.1, 0.15) is 17.3 Å². The number of sulfone groups is 1. The second kappa shape index (κ2) is 7.89. The molecule has 4 aromatic rings. The molecule has 1 amide bonds. The van der Waals surface area contributed by atoms with Crippen LogP contribution in [0.25, 0.3) is 10.1 Å². The minimum Gasteiger partial charge on any atom is -0.456 e. The molecule has 0 atom stereocenters. The molecule has 0 bridgehead atoms. The average Bonchev–Trinajstić information content (AvgIpc) is 3.18. The van der Waals surface area contributed by atoms with Crippen molar-refractivity contribution in [3.63, 3.8) is 0 Å². The van der Waals surface area contributed by atoms with Crippen LogP contribution >= 0.6 is 11.3 Å². The van der Waals surface area contributed by atoms with Gasteiger partial charge in [0, 0.05) is 18.0 Å². The summed E-state index contributed by atoms with van der Waals surface area (Å²) in [6.07, 6.45) is 2.84. The van der Waals surface area contributed by atoms with Gasteiger partial charge < -0.3 is 10.1 Å². The fourth-order valence-corrected chi connectivity index (χ4v) is 4.33. The zero-order chi connectivity index (χ0) is 21.3. The quantitative estimate of drug-likeness (QED) is 0.471. The Kier molecular flexibility index (Phi) is 5.27. The van der Waals surface area contributed by atoms with E-state index in [-0.39, 0.29) is 10.8 Å². The van der Waals surface area contributed by atoms with Gasteiger partial charge in [-0.25, -0.2) is 13.4 Å². The SMILES string of the molecule is Cc1ccc(NC(=O)c2cc(Oc3ccc(S(C)(=O)=O)cc3)c3sccc3c2)nc1. The zero-order valence-corrected chi connectivity index (χ0v) is 17.9. The maximum atomic E-state index is 12.8. The number of rotatable bonds is 5. The summed E-state index contributed by atoms with van der Waals surface area (Å²) in [5.74, 6) is 1.18. The van der Waals surface area contributed by atoms with Crippen molar-refractivity contribution >= 4 is 43.0 Å². The molecule has 2 heterocycles. The van der Waals surface area contributed by atoms with Crippen LogP contribution in [0.5, 0.6) is 11.5 Å². The van der Waals surface area contributed by atoms with Crippen molar-refractivity contribution in [2.75, 3.05) is 11.6 Å². The highest BCUT2D eigenvalue weighted by molar-refractivity contribution is 7.90. The predicted octanol–water partition coefficient (Wildman–Crippen LogP) is 5.05. The van der Waals surface area contributed by atoms with E-state index in [4.69, 9.17) is 4.74 Å². The molecule has 8 heteroatoms. The Labute approximate surface area is 178 Å². The van der Waals surface area contributed by atoms with Crippen molar-refractivity contribution in [3.8, 4) is 11.5 Å². The molecular formula is C22H18N2O4S2. The summed E-state index contributed by atoms with van der Waals surface area (Å²) in [6.45, 7) is 1.93. The van der Waals surface area contributed by atoms with Gasteiger partial charge in [0.15, 0.2) is 9.84 Å². The van der Waals surface area contributed by atoms with E-state index in [0.29, 0.717) is 22.9 Å². The van der Waals surface area contributed by atoms with E-state index in [2.05, 4.69) is 10.3 Å². The van der Waals surface area contributed by atoms with Crippen LogP contribution in [0.4, 0.5) is 5.82 Å². The van der Waals surface area contributed by atoms with E-state index in [1.165, 1.54) is 23.5 Å². The highest BCUT2D eigenvalue weighted by Crippen LogP contribution is 2.35. The number of hydrogen-bond acceptors (Lipinski definition) is 6. The number of aryl methyl sites for hydroxylation is 1. The Balaban J connectivity index is 1.64. The molecule has 0 fully saturated rings. The van der Waals surface area contributed by atoms with Crippen molar-refractivity contribution in [2.45, 2.75) is 11.8 Å². The van der Waals surface area contributed by atoms with Gasteiger partial charge in [-0.05, 0) is 71.8 Å². The zero-order valence-electron chi connectivity index (χ0n) is 16.2. The number of aromatic nitrogens is 1. The van der Waals surface area contributed by atoms with Gasteiger partial charge in [-0.1, -0.05) is 6.07 Å². The number of amides is 1. The van der Waals surface area contributed by atoms with Gasteiger partial charge >= 0.3 is 0 Å². The fourth-order valence-electron chi connectivity index (χ4n) is 2.87. The maximum absolute atomic E-state index is 12.8. The first-order valence-corrected chi connectivity index (χ1v) is 11.8. The van der Waals surface area contributed by atoms with Gasteiger partial charge in [0.25, 0.3) is 5.91 Å². The molecule has 2 aromatic carbocycles. The molecule has 0 spiro atoms. The van der Waals surface area contributed by atoms with Gasteiger partial charge in [-0.2, -0.15) is 0 Å². The lowest BCUT2D eigenvalue weighted by atomic mass is 10.1. The summed E-state index contributed by atoms with van der Waals surface area (Å²) in [5.41, 5.74) is 1.44. The van der Waals surface area contributed by atoms with Crippen molar-refractivity contribution in [2.24, 2.45) is 0 Å². The molecule has 6 nitrogen and oxygen atoms in total. The number of carbonyl (C=O) groups is 1. The molecule has 0 saturated heterocycles. The lowest BCUT2D eigenvalue weighted by Gasteiger charge is -2.10. The Morgan fingerprint density at radius 3 is 2.50 bits per heavy atom. The number of hydrogen-bond donors (Lipinski definition) is 1. The number of pyridine rings is 1. The summed E-state index contributed by atoms with van der Waals surface area (Å²) in [6, 6.07) is 15.2. The summed E-state index contributed by atoms with van der Waals surface area (Å²) in [7, 11) is -3.28. The smallest absolute Gasteiger partial charge is 0.256 e. The first-order chi connectivity index (χ1) is 14.3. The van der Waals surface area contributed by atoms with Crippen LogP contribution in [-0.4, -0.2) is 25.6 Å². The van der Waals surface area contributed by atoms with Crippen LogP contribution in [-0.2, 0) is 9.84 Å². The largest absolute Gasteiger partial charge is 0.456 e. The summed E-state index contributed by atoms with van der Waals surface area (Å²) < 4.78 is 30.2. The summed E-state index contributed by atoms with van der Waals surface area (Å²) in [4.78, 5) is 17.2. The normalized spacial score (nSPS) is 11.4. The van der Waals surface area contributed by atoms with Gasteiger partial charge in [-0.15, -0.1) is 11.3 Å². The number of ether oxygens (including phenoxy) is 1. The van der Waals surface area contributed by atoms with Crippen molar-refractivity contribution in [3.05, 3.63) is 77.3 Å². The van der Waals surface area contributed by atoms with E-state index >= 15 is 0 Å². The maximum Gasteiger partial charge on any atom is 0.256 e. The Bertz CT molecular complexity index is 1330. The number of carbonyl (C=O) groups excluding carboxylic acids is 1. The molecule has 0 radical (unpaired) electrons. The summed E-state index contributed by atoms with van der Waals surface area (Å²) in [5, 5.41) is 5.59. The first kappa shape index (κ1) is 20.1. The van der Waals surface area contributed by atoms with Crippen LogP contribution in [0.15, 0.2) is 71.1 Å². The standard InChI is InChI=1S/C22H18N2O4S2/c1-14-3-8-20(23-13-14)24-22(25)16-11-15-9-10-29-21(15)19(12-16)28-17-4-6-18(7-5-17)30(2,26)27/h3-13H,1-2H3,(H,23,24,25). The molecule has 4 rings (SSSR count). The highest BCUT2D eigenvalue weighted by atomic mass is 32.2. The number of fused-ring (bicyclic) bond motifs is 1. The van der Waals surface area contributed by atoms with Crippen molar-refractivity contribution in [1.29, 1.82) is 0 Å². The van der Waals surface area contributed by atoms with Crippen LogP contribution in [0.2, 0.25) is 0 Å². The second-order valence-electron chi connectivity index (χ2n) is 6.83. The Hall–Kier alpha value is -3.23. The monoisotopic (exact) mass is 438 g/mol.